The second-order valence-electron chi connectivity index (χ2n) is 6.11. The van der Waals surface area contributed by atoms with Crippen LogP contribution in [-0.4, -0.2) is 21.6 Å². The van der Waals surface area contributed by atoms with Crippen LogP contribution in [0.5, 0.6) is 0 Å². The first-order valence-corrected chi connectivity index (χ1v) is 7.74. The highest BCUT2D eigenvalue weighted by Crippen LogP contribution is 2.37. The third-order valence-corrected chi connectivity index (χ3v) is 4.64. The van der Waals surface area contributed by atoms with Gasteiger partial charge in [-0.3, -0.25) is 15.1 Å². The van der Waals surface area contributed by atoms with Gasteiger partial charge in [0.15, 0.2) is 5.78 Å². The molecule has 4 nitrogen and oxygen atoms in total. The zero-order chi connectivity index (χ0) is 17.0. The molecule has 0 atom stereocenters. The average Bonchev–Trinajstić information content (AvgIpc) is 2.82. The molecule has 118 valence electrons. The summed E-state index contributed by atoms with van der Waals surface area (Å²) in [4.78, 5) is 14.0. The Morgan fingerprint density at radius 1 is 1.08 bits per heavy atom. The number of carbonyl (C=O) groups is 1. The van der Waals surface area contributed by atoms with Crippen molar-refractivity contribution in [2.24, 2.45) is 0 Å². The second-order valence-corrected chi connectivity index (χ2v) is 6.11. The number of hydrogen-bond donors (Lipinski definition) is 2. The van der Waals surface area contributed by atoms with Crippen LogP contribution in [0.4, 0.5) is 0 Å². The van der Waals surface area contributed by atoms with Crippen molar-refractivity contribution in [2.75, 3.05) is 0 Å². The zero-order valence-electron chi connectivity index (χ0n) is 13.4. The minimum atomic E-state index is 0.0465. The predicted octanol–water partition coefficient (Wildman–Crippen LogP) is 4.12. The van der Waals surface area contributed by atoms with Crippen LogP contribution in [0.15, 0.2) is 76.9 Å². The van der Waals surface area contributed by atoms with Crippen LogP contribution in [-0.2, 0) is 0 Å². The SMILES string of the molecule is CC1=C/C(=C2\C=CN3C(=N)C(C)=C(O)C3=C2)c2ccccc2C1=O. The highest BCUT2D eigenvalue weighted by molar-refractivity contribution is 6.16. The maximum absolute atomic E-state index is 12.4. The van der Waals surface area contributed by atoms with Crippen molar-refractivity contribution >= 4 is 17.2 Å². The van der Waals surface area contributed by atoms with Crippen molar-refractivity contribution in [1.29, 1.82) is 5.41 Å². The van der Waals surface area contributed by atoms with Gasteiger partial charge < -0.3 is 5.11 Å². The summed E-state index contributed by atoms with van der Waals surface area (Å²) in [6.45, 7) is 3.55. The third-order valence-electron chi connectivity index (χ3n) is 4.64. The molecule has 0 amide bonds. The predicted molar refractivity (Wildman–Crippen MR) is 93.6 cm³/mol. The molecule has 1 aromatic carbocycles. The fraction of sp³-hybridized carbons (Fsp3) is 0.100. The molecule has 24 heavy (non-hydrogen) atoms. The summed E-state index contributed by atoms with van der Waals surface area (Å²) in [5, 5.41) is 18.3. The van der Waals surface area contributed by atoms with Gasteiger partial charge in [0.25, 0.3) is 0 Å². The molecule has 0 saturated heterocycles. The summed E-state index contributed by atoms with van der Waals surface area (Å²) in [6, 6.07) is 7.56. The molecule has 4 rings (SSSR count). The van der Waals surface area contributed by atoms with Crippen molar-refractivity contribution in [3.63, 3.8) is 0 Å². The monoisotopic (exact) mass is 316 g/mol. The van der Waals surface area contributed by atoms with E-state index in [1.807, 2.05) is 49.4 Å². The highest BCUT2D eigenvalue weighted by atomic mass is 16.3. The summed E-state index contributed by atoms with van der Waals surface area (Å²) in [5.74, 6) is 0.457. The van der Waals surface area contributed by atoms with Gasteiger partial charge in [-0.25, -0.2) is 0 Å². The summed E-state index contributed by atoms with van der Waals surface area (Å²) in [5.41, 5.74) is 5.31. The number of hydrogen-bond acceptors (Lipinski definition) is 3. The van der Waals surface area contributed by atoms with E-state index in [1.54, 1.807) is 18.0 Å². The molecule has 0 saturated carbocycles. The van der Waals surface area contributed by atoms with Crippen LogP contribution in [0.2, 0.25) is 0 Å². The van der Waals surface area contributed by atoms with Crippen LogP contribution >= 0.6 is 0 Å². The minimum absolute atomic E-state index is 0.0465. The number of Topliss-reactive ketones (excluding diaryl/α,β-unsaturated/α-hetero) is 1. The first kappa shape index (κ1) is 14.5. The summed E-state index contributed by atoms with van der Waals surface area (Å²) >= 11 is 0. The lowest BCUT2D eigenvalue weighted by atomic mass is 9.84. The van der Waals surface area contributed by atoms with E-state index in [0.717, 1.165) is 16.7 Å². The van der Waals surface area contributed by atoms with Crippen molar-refractivity contribution < 1.29 is 9.90 Å². The number of fused-ring (bicyclic) bond motifs is 2. The van der Waals surface area contributed by atoms with Crippen LogP contribution < -0.4 is 0 Å². The van der Waals surface area contributed by atoms with E-state index in [9.17, 15) is 9.90 Å². The molecular formula is C20H16N2O2. The molecule has 0 bridgehead atoms. The van der Waals surface area contributed by atoms with E-state index in [2.05, 4.69) is 0 Å². The molecule has 2 heterocycles. The van der Waals surface area contributed by atoms with Crippen molar-refractivity contribution in [3.8, 4) is 0 Å². The standard InChI is InChI=1S/C20H16N2O2/c1-11-9-16(14-5-3-4-6-15(14)18(11)23)13-7-8-22-17(10-13)19(24)12(2)20(22)21/h3-10,21,24H,1-2H3/b16-13-,21-20?. The lowest BCUT2D eigenvalue weighted by Gasteiger charge is -2.23. The Balaban J connectivity index is 1.94. The number of nitrogens with zero attached hydrogens (tertiary/aromatic N) is 1. The number of benzene rings is 1. The molecule has 0 fully saturated rings. The minimum Gasteiger partial charge on any atom is -0.505 e. The number of aliphatic hydroxyl groups excluding tert-OH is 1. The Bertz CT molecular complexity index is 971. The van der Waals surface area contributed by atoms with E-state index in [4.69, 9.17) is 5.41 Å². The van der Waals surface area contributed by atoms with E-state index < -0.39 is 0 Å². The number of aliphatic hydroxyl groups is 1. The number of allylic oxidation sites excluding steroid dienone is 6. The van der Waals surface area contributed by atoms with E-state index >= 15 is 0 Å². The smallest absolute Gasteiger partial charge is 0.189 e. The van der Waals surface area contributed by atoms with Gasteiger partial charge >= 0.3 is 0 Å². The first-order chi connectivity index (χ1) is 11.5. The van der Waals surface area contributed by atoms with Gasteiger partial charge in [-0.1, -0.05) is 24.3 Å². The zero-order valence-corrected chi connectivity index (χ0v) is 13.4. The Morgan fingerprint density at radius 3 is 2.54 bits per heavy atom. The Hall–Kier alpha value is -3.14. The maximum atomic E-state index is 12.4. The van der Waals surface area contributed by atoms with Gasteiger partial charge in [-0.05, 0) is 54.4 Å². The normalized spacial score (nSPS) is 22.5. The summed E-state index contributed by atoms with van der Waals surface area (Å²) in [7, 11) is 0. The molecule has 0 spiro atoms. The van der Waals surface area contributed by atoms with Crippen LogP contribution in [0.1, 0.15) is 29.8 Å². The van der Waals surface area contributed by atoms with Crippen molar-refractivity contribution in [1.82, 2.24) is 4.90 Å². The molecule has 0 unspecified atom stereocenters. The summed E-state index contributed by atoms with van der Waals surface area (Å²) in [6.07, 6.45) is 7.46. The molecule has 1 aromatic rings. The van der Waals surface area contributed by atoms with Gasteiger partial charge in [0.1, 0.15) is 11.6 Å². The molecule has 0 aromatic heterocycles. The number of amidine groups is 1. The van der Waals surface area contributed by atoms with Gasteiger partial charge in [0.05, 0.1) is 5.70 Å². The van der Waals surface area contributed by atoms with Crippen LogP contribution in [0, 0.1) is 5.41 Å². The fourth-order valence-electron chi connectivity index (χ4n) is 3.26. The largest absolute Gasteiger partial charge is 0.505 e. The average molecular weight is 316 g/mol. The maximum Gasteiger partial charge on any atom is 0.189 e. The Kier molecular flexibility index (Phi) is 2.97. The third kappa shape index (κ3) is 1.86. The lowest BCUT2D eigenvalue weighted by Crippen LogP contribution is -2.21. The number of carbonyl (C=O) groups excluding carboxylic acids is 1. The van der Waals surface area contributed by atoms with Crippen LogP contribution in [0.25, 0.3) is 5.57 Å². The quantitative estimate of drug-likeness (QED) is 0.757. The van der Waals surface area contributed by atoms with Crippen molar-refractivity contribution in [2.45, 2.75) is 13.8 Å². The van der Waals surface area contributed by atoms with Crippen LogP contribution in [0.3, 0.4) is 0 Å². The topological polar surface area (TPSA) is 64.4 Å². The number of ketones is 1. The molecule has 0 radical (unpaired) electrons. The highest BCUT2D eigenvalue weighted by Gasteiger charge is 2.31. The van der Waals surface area contributed by atoms with E-state index in [-0.39, 0.29) is 17.4 Å². The molecule has 2 N–H and O–H groups in total. The van der Waals surface area contributed by atoms with Gasteiger partial charge in [-0.2, -0.15) is 0 Å². The summed E-state index contributed by atoms with van der Waals surface area (Å²) < 4.78 is 0. The molecule has 2 aliphatic heterocycles. The number of nitrogens with one attached hydrogen (secondary N) is 1. The van der Waals surface area contributed by atoms with E-state index in [1.165, 1.54) is 0 Å². The Morgan fingerprint density at radius 2 is 1.79 bits per heavy atom. The number of rotatable bonds is 0. The molecule has 1 aliphatic carbocycles. The lowest BCUT2D eigenvalue weighted by molar-refractivity contribution is 0.103. The fourth-order valence-corrected chi connectivity index (χ4v) is 3.26. The van der Waals surface area contributed by atoms with Gasteiger partial charge in [0.2, 0.25) is 0 Å². The molecule has 3 aliphatic rings. The van der Waals surface area contributed by atoms with E-state index in [0.29, 0.717) is 22.4 Å². The van der Waals surface area contributed by atoms with Gasteiger partial charge in [-0.15, -0.1) is 0 Å². The molecule has 4 heteroatoms. The Labute approximate surface area is 139 Å². The molecular weight excluding hydrogens is 300 g/mol. The first-order valence-electron chi connectivity index (χ1n) is 7.74. The van der Waals surface area contributed by atoms with Gasteiger partial charge in [0, 0.05) is 17.3 Å². The second kappa shape index (κ2) is 4.93. The van der Waals surface area contributed by atoms with Crippen molar-refractivity contribution in [3.05, 3.63) is 88.0 Å².